The van der Waals surface area contributed by atoms with Gasteiger partial charge in [0.1, 0.15) is 11.5 Å². The Morgan fingerprint density at radius 2 is 1.82 bits per heavy atom. The van der Waals surface area contributed by atoms with Gasteiger partial charge in [0.15, 0.2) is 0 Å². The molecule has 148 valence electrons. The Morgan fingerprint density at radius 3 is 2.54 bits per heavy atom. The van der Waals surface area contributed by atoms with Gasteiger partial charge in [-0.25, -0.2) is 5.43 Å². The minimum atomic E-state index is -0.0423. The monoisotopic (exact) mass is 380 g/mol. The van der Waals surface area contributed by atoms with Gasteiger partial charge < -0.3 is 9.47 Å². The number of amides is 1. The predicted octanol–water partition coefficient (Wildman–Crippen LogP) is 4.19. The number of benzene rings is 2. The van der Waals surface area contributed by atoms with Crippen molar-refractivity contribution < 1.29 is 14.3 Å². The van der Waals surface area contributed by atoms with Crippen LogP contribution in [0.4, 0.5) is 0 Å². The van der Waals surface area contributed by atoms with Crippen LogP contribution in [0.15, 0.2) is 41.5 Å². The summed E-state index contributed by atoms with van der Waals surface area (Å²) in [5.74, 6) is 1.68. The highest BCUT2D eigenvalue weighted by molar-refractivity contribution is 6.04. The Kier molecular flexibility index (Phi) is 6.69. The van der Waals surface area contributed by atoms with Crippen LogP contribution in [0, 0.1) is 6.92 Å². The lowest BCUT2D eigenvalue weighted by atomic mass is 9.87. The average Bonchev–Trinajstić information content (AvgIpc) is 2.72. The lowest BCUT2D eigenvalue weighted by molar-refractivity contribution is -0.121. The molecule has 2 aromatic carbocycles. The van der Waals surface area contributed by atoms with E-state index < -0.39 is 0 Å². The summed E-state index contributed by atoms with van der Waals surface area (Å²) in [6, 6.07) is 12.1. The molecular weight excluding hydrogens is 352 g/mol. The Balaban J connectivity index is 1.56. The number of nitrogens with one attached hydrogen (secondary N) is 1. The Hall–Kier alpha value is -2.82. The fourth-order valence-corrected chi connectivity index (χ4v) is 3.67. The van der Waals surface area contributed by atoms with E-state index in [1.54, 1.807) is 14.2 Å². The van der Waals surface area contributed by atoms with Crippen molar-refractivity contribution in [1.82, 2.24) is 5.43 Å². The molecule has 3 rings (SSSR count). The van der Waals surface area contributed by atoms with E-state index in [9.17, 15) is 4.79 Å². The summed E-state index contributed by atoms with van der Waals surface area (Å²) in [7, 11) is 3.34. The van der Waals surface area contributed by atoms with Gasteiger partial charge in [-0.1, -0.05) is 12.1 Å². The molecule has 0 atom stereocenters. The maximum Gasteiger partial charge on any atom is 0.240 e. The molecule has 0 aliphatic heterocycles. The minimum absolute atomic E-state index is 0.0423. The molecule has 0 bridgehead atoms. The highest BCUT2D eigenvalue weighted by Crippen LogP contribution is 2.29. The highest BCUT2D eigenvalue weighted by Gasteiger charge is 2.19. The van der Waals surface area contributed by atoms with Crippen LogP contribution in [0.3, 0.4) is 0 Å². The van der Waals surface area contributed by atoms with Crippen molar-refractivity contribution in [3.8, 4) is 11.5 Å². The third kappa shape index (κ3) is 4.91. The van der Waals surface area contributed by atoms with Gasteiger partial charge in [0.05, 0.1) is 19.9 Å². The zero-order chi connectivity index (χ0) is 19.9. The van der Waals surface area contributed by atoms with Crippen LogP contribution in [0.2, 0.25) is 0 Å². The largest absolute Gasteiger partial charge is 0.497 e. The van der Waals surface area contributed by atoms with Crippen molar-refractivity contribution in [2.45, 2.75) is 45.4 Å². The van der Waals surface area contributed by atoms with Crippen LogP contribution in [0.1, 0.15) is 47.9 Å². The van der Waals surface area contributed by atoms with Gasteiger partial charge in [-0.2, -0.15) is 5.10 Å². The normalized spacial score (nSPS) is 14.5. The molecular formula is C23H28N2O3. The summed E-state index contributed by atoms with van der Waals surface area (Å²) in [6.45, 7) is 2.07. The highest BCUT2D eigenvalue weighted by atomic mass is 16.5. The number of nitrogens with zero attached hydrogens (tertiary/aromatic N) is 1. The first-order valence-corrected chi connectivity index (χ1v) is 9.77. The standard InChI is InChI=1S/C23H28N2O3/c1-16-14-20(28-3)15-18-7-5-8-21(23(16)18)24-25-22(26)9-4-6-17-10-12-19(27-2)13-11-17/h10-15H,4-9H2,1-3H3,(H,25,26)/b24-21+. The number of ether oxygens (including phenoxy) is 2. The smallest absolute Gasteiger partial charge is 0.240 e. The van der Waals surface area contributed by atoms with Gasteiger partial charge in [-0.15, -0.1) is 0 Å². The Labute approximate surface area is 166 Å². The van der Waals surface area contributed by atoms with Crippen molar-refractivity contribution >= 4 is 11.6 Å². The first-order chi connectivity index (χ1) is 13.6. The van der Waals surface area contributed by atoms with Crippen LogP contribution in [-0.2, 0) is 17.6 Å². The zero-order valence-corrected chi connectivity index (χ0v) is 16.9. The number of hydrazone groups is 1. The molecule has 1 N–H and O–H groups in total. The molecule has 0 spiro atoms. The number of carbonyl (C=O) groups is 1. The fraction of sp³-hybridized carbons (Fsp3) is 0.391. The van der Waals surface area contributed by atoms with Crippen molar-refractivity contribution in [3.63, 3.8) is 0 Å². The van der Waals surface area contributed by atoms with Crippen molar-refractivity contribution in [3.05, 3.63) is 58.7 Å². The first kappa shape index (κ1) is 19.9. The van der Waals surface area contributed by atoms with Crippen LogP contribution >= 0.6 is 0 Å². The number of methoxy groups -OCH3 is 2. The maximum absolute atomic E-state index is 12.2. The van der Waals surface area contributed by atoms with Gasteiger partial charge in [0.2, 0.25) is 5.91 Å². The number of carbonyl (C=O) groups excluding carboxylic acids is 1. The second kappa shape index (κ2) is 9.40. The van der Waals surface area contributed by atoms with Gasteiger partial charge in [-0.3, -0.25) is 4.79 Å². The van der Waals surface area contributed by atoms with Gasteiger partial charge >= 0.3 is 0 Å². The molecule has 0 saturated carbocycles. The lowest BCUT2D eigenvalue weighted by Crippen LogP contribution is -2.22. The molecule has 28 heavy (non-hydrogen) atoms. The quantitative estimate of drug-likeness (QED) is 0.733. The Bertz CT molecular complexity index is 857. The minimum Gasteiger partial charge on any atom is -0.497 e. The van der Waals surface area contributed by atoms with E-state index in [1.807, 2.05) is 30.3 Å². The number of hydrogen-bond acceptors (Lipinski definition) is 4. The van der Waals surface area contributed by atoms with E-state index in [0.717, 1.165) is 60.4 Å². The summed E-state index contributed by atoms with van der Waals surface area (Å²) < 4.78 is 10.5. The molecule has 0 radical (unpaired) electrons. The van der Waals surface area contributed by atoms with Crippen molar-refractivity contribution in [1.29, 1.82) is 0 Å². The van der Waals surface area contributed by atoms with Crippen LogP contribution in [0.25, 0.3) is 0 Å². The Morgan fingerprint density at radius 1 is 1.07 bits per heavy atom. The maximum atomic E-state index is 12.2. The summed E-state index contributed by atoms with van der Waals surface area (Å²) in [4.78, 5) is 12.2. The molecule has 0 saturated heterocycles. The molecule has 1 aliphatic carbocycles. The average molecular weight is 380 g/mol. The zero-order valence-electron chi connectivity index (χ0n) is 16.9. The second-order valence-corrected chi connectivity index (χ2v) is 7.13. The van der Waals surface area contributed by atoms with Crippen LogP contribution < -0.4 is 14.9 Å². The van der Waals surface area contributed by atoms with Gasteiger partial charge in [0.25, 0.3) is 0 Å². The van der Waals surface area contributed by atoms with E-state index >= 15 is 0 Å². The molecule has 0 heterocycles. The topological polar surface area (TPSA) is 59.9 Å². The first-order valence-electron chi connectivity index (χ1n) is 9.77. The number of fused-ring (bicyclic) bond motifs is 1. The number of rotatable bonds is 7. The summed E-state index contributed by atoms with van der Waals surface area (Å²) in [5, 5.41) is 4.45. The lowest BCUT2D eigenvalue weighted by Gasteiger charge is -2.21. The molecule has 0 unspecified atom stereocenters. The molecule has 0 fully saturated rings. The van der Waals surface area contributed by atoms with Gasteiger partial charge in [0, 0.05) is 12.0 Å². The molecule has 1 amide bonds. The van der Waals surface area contributed by atoms with E-state index in [1.165, 1.54) is 11.1 Å². The van der Waals surface area contributed by atoms with E-state index in [2.05, 4.69) is 23.5 Å². The number of hydrogen-bond donors (Lipinski definition) is 1. The van der Waals surface area contributed by atoms with Crippen molar-refractivity contribution in [2.75, 3.05) is 14.2 Å². The van der Waals surface area contributed by atoms with E-state index in [4.69, 9.17) is 9.47 Å². The van der Waals surface area contributed by atoms with Crippen LogP contribution in [-0.4, -0.2) is 25.8 Å². The third-order valence-electron chi connectivity index (χ3n) is 5.12. The van der Waals surface area contributed by atoms with E-state index in [0.29, 0.717) is 6.42 Å². The third-order valence-corrected chi connectivity index (χ3v) is 5.12. The van der Waals surface area contributed by atoms with Gasteiger partial charge in [-0.05, 0) is 80.0 Å². The fourth-order valence-electron chi connectivity index (χ4n) is 3.67. The summed E-state index contributed by atoms with van der Waals surface area (Å²) in [5.41, 5.74) is 8.46. The second-order valence-electron chi connectivity index (χ2n) is 7.13. The molecule has 1 aliphatic rings. The summed E-state index contributed by atoms with van der Waals surface area (Å²) in [6.07, 6.45) is 5.03. The van der Waals surface area contributed by atoms with E-state index in [-0.39, 0.29) is 5.91 Å². The SMILES string of the molecule is COc1ccc(CCCC(=O)N/N=C2\CCCc3cc(OC)cc(C)c32)cc1. The number of aryl methyl sites for hydroxylation is 3. The van der Waals surface area contributed by atoms with Crippen LogP contribution in [0.5, 0.6) is 11.5 Å². The molecule has 2 aromatic rings. The molecule has 0 aromatic heterocycles. The molecule has 5 nitrogen and oxygen atoms in total. The molecule has 5 heteroatoms. The predicted molar refractivity (Wildman–Crippen MR) is 111 cm³/mol. The summed E-state index contributed by atoms with van der Waals surface area (Å²) >= 11 is 0. The van der Waals surface area contributed by atoms with Crippen molar-refractivity contribution in [2.24, 2.45) is 5.10 Å².